The van der Waals surface area contributed by atoms with Crippen molar-refractivity contribution in [3.8, 4) is 0 Å². The van der Waals surface area contributed by atoms with Gasteiger partial charge in [0.2, 0.25) is 0 Å². The average Bonchev–Trinajstić information content (AvgIpc) is 2.85. The van der Waals surface area contributed by atoms with Gasteiger partial charge in [-0.2, -0.15) is 5.10 Å². The van der Waals surface area contributed by atoms with E-state index < -0.39 is 5.97 Å². The average molecular weight is 209 g/mol. The van der Waals surface area contributed by atoms with Crippen LogP contribution in [0.1, 0.15) is 18.4 Å². The molecule has 0 saturated carbocycles. The summed E-state index contributed by atoms with van der Waals surface area (Å²) in [5, 5.41) is 16.3. The molecule has 2 N–H and O–H groups in total. The number of aromatic nitrogens is 2. The smallest absolute Gasteiger partial charge is 0.308 e. The molecule has 1 aliphatic heterocycles. The van der Waals surface area contributed by atoms with Crippen LogP contribution in [-0.4, -0.2) is 33.9 Å². The van der Waals surface area contributed by atoms with Crippen molar-refractivity contribution in [1.29, 1.82) is 0 Å². The van der Waals surface area contributed by atoms with Crippen molar-refractivity contribution in [2.75, 3.05) is 13.1 Å². The second-order valence-electron chi connectivity index (χ2n) is 3.84. The lowest BCUT2D eigenvalue weighted by Crippen LogP contribution is -2.20. The summed E-state index contributed by atoms with van der Waals surface area (Å²) in [7, 11) is 0. The third kappa shape index (κ3) is 1.87. The van der Waals surface area contributed by atoms with E-state index in [4.69, 9.17) is 5.11 Å². The van der Waals surface area contributed by atoms with Gasteiger partial charge in [0, 0.05) is 31.7 Å². The van der Waals surface area contributed by atoms with Crippen molar-refractivity contribution < 1.29 is 9.90 Å². The van der Waals surface area contributed by atoms with Crippen LogP contribution in [0.25, 0.3) is 0 Å². The SMILES string of the molecule is CCn1cc(C2CNCC2C(=O)O)cn1. The molecule has 1 aromatic rings. The maximum absolute atomic E-state index is 11.0. The minimum absolute atomic E-state index is 0.0581. The largest absolute Gasteiger partial charge is 0.481 e. The van der Waals surface area contributed by atoms with Gasteiger partial charge < -0.3 is 10.4 Å². The zero-order valence-corrected chi connectivity index (χ0v) is 8.68. The van der Waals surface area contributed by atoms with Crippen LogP contribution in [0.2, 0.25) is 0 Å². The lowest BCUT2D eigenvalue weighted by molar-refractivity contribution is -0.141. The number of carbonyl (C=O) groups is 1. The van der Waals surface area contributed by atoms with E-state index >= 15 is 0 Å². The lowest BCUT2D eigenvalue weighted by atomic mass is 9.91. The molecule has 1 fully saturated rings. The van der Waals surface area contributed by atoms with Crippen molar-refractivity contribution in [2.24, 2.45) is 5.92 Å². The zero-order chi connectivity index (χ0) is 10.8. The van der Waals surface area contributed by atoms with Crippen LogP contribution < -0.4 is 5.32 Å². The Bertz CT molecular complexity index is 361. The molecule has 1 aliphatic rings. The first-order chi connectivity index (χ1) is 7.22. The summed E-state index contributed by atoms with van der Waals surface area (Å²) in [5.74, 6) is -0.989. The van der Waals surface area contributed by atoms with Gasteiger partial charge in [0.05, 0.1) is 12.1 Å². The first kappa shape index (κ1) is 10.2. The highest BCUT2D eigenvalue weighted by Gasteiger charge is 2.34. The lowest BCUT2D eigenvalue weighted by Gasteiger charge is -2.11. The van der Waals surface area contributed by atoms with Crippen LogP contribution in [0.3, 0.4) is 0 Å². The van der Waals surface area contributed by atoms with Crippen LogP contribution in [0, 0.1) is 5.92 Å². The Morgan fingerprint density at radius 1 is 1.73 bits per heavy atom. The van der Waals surface area contributed by atoms with Crippen LogP contribution in [0.5, 0.6) is 0 Å². The Morgan fingerprint density at radius 3 is 3.13 bits per heavy atom. The summed E-state index contributed by atoms with van der Waals surface area (Å²) in [5.41, 5.74) is 1.02. The van der Waals surface area contributed by atoms with E-state index in [0.29, 0.717) is 6.54 Å². The molecule has 15 heavy (non-hydrogen) atoms. The Hall–Kier alpha value is -1.36. The minimum Gasteiger partial charge on any atom is -0.481 e. The molecule has 0 spiro atoms. The van der Waals surface area contributed by atoms with Gasteiger partial charge in [-0.05, 0) is 12.5 Å². The summed E-state index contributed by atoms with van der Waals surface area (Å²) in [4.78, 5) is 11.0. The monoisotopic (exact) mass is 209 g/mol. The summed E-state index contributed by atoms with van der Waals surface area (Å²) in [6.07, 6.45) is 3.71. The molecule has 5 nitrogen and oxygen atoms in total. The second-order valence-corrected chi connectivity index (χ2v) is 3.84. The van der Waals surface area contributed by atoms with Gasteiger partial charge in [0.1, 0.15) is 0 Å². The van der Waals surface area contributed by atoms with E-state index in [-0.39, 0.29) is 11.8 Å². The van der Waals surface area contributed by atoms with Gasteiger partial charge in [0.15, 0.2) is 0 Å². The molecule has 2 rings (SSSR count). The second kappa shape index (κ2) is 4.02. The van der Waals surface area contributed by atoms with E-state index in [2.05, 4.69) is 10.4 Å². The Kier molecular flexibility index (Phi) is 2.73. The number of nitrogens with one attached hydrogen (secondary N) is 1. The number of hydrogen-bond donors (Lipinski definition) is 2. The molecular weight excluding hydrogens is 194 g/mol. The van der Waals surface area contributed by atoms with E-state index in [0.717, 1.165) is 18.7 Å². The Balaban J connectivity index is 2.18. The van der Waals surface area contributed by atoms with E-state index in [1.807, 2.05) is 17.8 Å². The molecule has 1 aromatic heterocycles. The fraction of sp³-hybridized carbons (Fsp3) is 0.600. The number of aryl methyl sites for hydroxylation is 1. The van der Waals surface area contributed by atoms with Gasteiger partial charge >= 0.3 is 5.97 Å². The van der Waals surface area contributed by atoms with E-state index in [1.54, 1.807) is 6.20 Å². The van der Waals surface area contributed by atoms with Gasteiger partial charge in [-0.15, -0.1) is 0 Å². The van der Waals surface area contributed by atoms with Crippen molar-refractivity contribution in [1.82, 2.24) is 15.1 Å². The van der Waals surface area contributed by atoms with Gasteiger partial charge in [-0.25, -0.2) is 0 Å². The summed E-state index contributed by atoms with van der Waals surface area (Å²) < 4.78 is 1.83. The molecule has 2 atom stereocenters. The number of carboxylic acid groups (broad SMARTS) is 1. The maximum Gasteiger partial charge on any atom is 0.308 e. The van der Waals surface area contributed by atoms with E-state index in [1.165, 1.54) is 0 Å². The highest BCUT2D eigenvalue weighted by molar-refractivity contribution is 5.72. The molecule has 0 bridgehead atoms. The molecule has 0 radical (unpaired) electrons. The topological polar surface area (TPSA) is 67.2 Å². The number of nitrogens with zero attached hydrogens (tertiary/aromatic N) is 2. The highest BCUT2D eigenvalue weighted by Crippen LogP contribution is 2.27. The number of rotatable bonds is 3. The van der Waals surface area contributed by atoms with Crippen molar-refractivity contribution in [2.45, 2.75) is 19.4 Å². The predicted octanol–water partition coefficient (Wildman–Crippen LogP) is 0.291. The molecule has 0 aliphatic carbocycles. The normalized spacial score (nSPS) is 25.7. The molecule has 1 saturated heterocycles. The van der Waals surface area contributed by atoms with Crippen molar-refractivity contribution >= 4 is 5.97 Å². The first-order valence-corrected chi connectivity index (χ1v) is 5.18. The molecule has 82 valence electrons. The van der Waals surface area contributed by atoms with Crippen LogP contribution in [0.4, 0.5) is 0 Å². The van der Waals surface area contributed by atoms with Crippen molar-refractivity contribution in [3.05, 3.63) is 18.0 Å². The molecular formula is C10H15N3O2. The molecule has 2 heterocycles. The first-order valence-electron chi connectivity index (χ1n) is 5.18. The van der Waals surface area contributed by atoms with Gasteiger partial charge in [-0.3, -0.25) is 9.48 Å². The van der Waals surface area contributed by atoms with E-state index in [9.17, 15) is 4.79 Å². The summed E-state index contributed by atoms with van der Waals surface area (Å²) >= 11 is 0. The highest BCUT2D eigenvalue weighted by atomic mass is 16.4. The minimum atomic E-state index is -0.728. The zero-order valence-electron chi connectivity index (χ0n) is 8.68. The molecule has 0 aromatic carbocycles. The van der Waals surface area contributed by atoms with Crippen molar-refractivity contribution in [3.63, 3.8) is 0 Å². The fourth-order valence-corrected chi connectivity index (χ4v) is 2.03. The summed E-state index contributed by atoms with van der Waals surface area (Å²) in [6.45, 7) is 4.11. The fourth-order valence-electron chi connectivity index (χ4n) is 2.03. The van der Waals surface area contributed by atoms with Crippen LogP contribution in [-0.2, 0) is 11.3 Å². The predicted molar refractivity (Wildman–Crippen MR) is 54.6 cm³/mol. The molecule has 0 amide bonds. The van der Waals surface area contributed by atoms with Gasteiger partial charge in [-0.1, -0.05) is 0 Å². The standard InChI is InChI=1S/C10H15N3O2/c1-2-13-6-7(3-12-13)8-4-11-5-9(8)10(14)15/h3,6,8-9,11H,2,4-5H2,1H3,(H,14,15). The number of aliphatic carboxylic acids is 1. The molecule has 5 heteroatoms. The van der Waals surface area contributed by atoms with Crippen LogP contribution in [0.15, 0.2) is 12.4 Å². The number of hydrogen-bond acceptors (Lipinski definition) is 3. The van der Waals surface area contributed by atoms with Gasteiger partial charge in [0.25, 0.3) is 0 Å². The molecule has 2 unspecified atom stereocenters. The third-order valence-corrected chi connectivity index (χ3v) is 2.94. The quantitative estimate of drug-likeness (QED) is 0.751. The maximum atomic E-state index is 11.0. The third-order valence-electron chi connectivity index (χ3n) is 2.94. The number of carboxylic acids is 1. The Morgan fingerprint density at radius 2 is 2.53 bits per heavy atom. The Labute approximate surface area is 88.1 Å². The summed E-state index contributed by atoms with van der Waals surface area (Å²) in [6, 6.07) is 0. The van der Waals surface area contributed by atoms with Crippen LogP contribution >= 0.6 is 0 Å².